The fourth-order valence-electron chi connectivity index (χ4n) is 10.8. The molecule has 0 spiro atoms. The van der Waals surface area contributed by atoms with Crippen molar-refractivity contribution >= 4 is 44.3 Å². The second-order valence-electron chi connectivity index (χ2n) is 25.6. The highest BCUT2D eigenvalue weighted by molar-refractivity contribution is 7.89. The molecule has 1 atom stereocenters. The summed E-state index contributed by atoms with van der Waals surface area (Å²) in [6.07, 6.45) is 9.79. The lowest BCUT2D eigenvalue weighted by molar-refractivity contribution is 0.0238. The molecule has 23 nitrogen and oxygen atoms in total. The second-order valence-corrected chi connectivity index (χ2v) is 29.7. The van der Waals surface area contributed by atoms with E-state index in [1.165, 1.54) is 45.3 Å². The maximum Gasteiger partial charge on any atom is 0.410 e. The first-order valence-corrected chi connectivity index (χ1v) is 36.0. The molecule has 0 unspecified atom stereocenters. The van der Waals surface area contributed by atoms with Crippen molar-refractivity contribution < 1.29 is 50.2 Å². The molecule has 0 aromatic heterocycles. The van der Waals surface area contributed by atoms with Gasteiger partial charge in [-0.3, -0.25) is 9.80 Å². The third-order valence-electron chi connectivity index (χ3n) is 16.0. The molecule has 0 aliphatic carbocycles. The van der Waals surface area contributed by atoms with Crippen molar-refractivity contribution in [2.75, 3.05) is 130 Å². The van der Waals surface area contributed by atoms with Gasteiger partial charge in [-0.2, -0.15) is 8.61 Å². The zero-order valence-corrected chi connectivity index (χ0v) is 58.8. The Morgan fingerprint density at radius 2 is 0.837 bits per heavy atom. The minimum absolute atomic E-state index is 0.0741. The molecule has 508 valence electrons. The van der Waals surface area contributed by atoms with Crippen LogP contribution in [0.2, 0.25) is 0 Å². The van der Waals surface area contributed by atoms with Gasteiger partial charge in [0.15, 0.2) is 0 Å². The van der Waals surface area contributed by atoms with Crippen molar-refractivity contribution in [3.8, 4) is 0 Å². The van der Waals surface area contributed by atoms with Gasteiger partial charge < -0.3 is 55.1 Å². The Balaban J connectivity index is 0.000000484. The Bertz CT molecular complexity index is 2030. The normalized spacial score (nSPS) is 22.6. The third-order valence-corrected chi connectivity index (χ3v) is 20.2. The van der Waals surface area contributed by atoms with Gasteiger partial charge in [0.05, 0.1) is 37.9 Å². The van der Waals surface area contributed by atoms with Crippen molar-refractivity contribution in [3.05, 3.63) is 0 Å². The predicted molar refractivity (Wildman–Crippen MR) is 349 cm³/mol. The van der Waals surface area contributed by atoms with E-state index in [1.54, 1.807) is 18.4 Å². The van der Waals surface area contributed by atoms with E-state index in [2.05, 4.69) is 66.9 Å². The molecule has 9 aliphatic heterocycles. The fourth-order valence-corrected chi connectivity index (χ4v) is 14.4. The molecule has 86 heavy (non-hydrogen) atoms. The number of amides is 6. The molecule has 0 radical (unpaired) electrons. The number of likely N-dealkylation sites (tertiary alicyclic amines) is 2. The highest BCUT2D eigenvalue weighted by atomic mass is 32.2. The number of nitrogens with one attached hydrogen (secondary N) is 2. The van der Waals surface area contributed by atoms with E-state index < -0.39 is 20.0 Å². The minimum Gasteiger partial charge on any atom is -0.449 e. The van der Waals surface area contributed by atoms with Crippen molar-refractivity contribution in [3.63, 3.8) is 0 Å². The van der Waals surface area contributed by atoms with Crippen LogP contribution in [0, 0.1) is 0 Å². The lowest BCUT2D eigenvalue weighted by Gasteiger charge is -2.30. The van der Waals surface area contributed by atoms with Gasteiger partial charge in [-0.25, -0.2) is 36.0 Å². The molecule has 0 saturated carbocycles. The van der Waals surface area contributed by atoms with Crippen LogP contribution in [0.3, 0.4) is 0 Å². The SMILES string of the molecule is CC(C)N1CCCC1.CC(C)N1CCCCS1(=O)=O.CC(C)N1CCCNC1=O.CC(C)N1CCCOC1=O.CC(C)N1CCCS1(=O)=O.CC(C)N1CCC[C@@H]1CN.CC(C)N1CCNC1=O.CC(C)N1CCOC1=O.CC(C)N1CCOCC1. The summed E-state index contributed by atoms with van der Waals surface area (Å²) >= 11 is 0. The number of morpholine rings is 1. The molecule has 4 N–H and O–H groups in total. The number of carbonyl (C=O) groups is 4. The zero-order chi connectivity index (χ0) is 65.3. The number of urea groups is 2. The molecule has 9 fully saturated rings. The highest BCUT2D eigenvalue weighted by Crippen LogP contribution is 2.20. The van der Waals surface area contributed by atoms with Crippen molar-refractivity contribution in [1.29, 1.82) is 0 Å². The van der Waals surface area contributed by atoms with Crippen LogP contribution < -0.4 is 16.4 Å². The molecule has 0 aromatic rings. The Kier molecular flexibility index (Phi) is 40.0. The standard InChI is InChI=1S/C8H18N2.C7H14N2O.C7H15NO2S.C7H13NO2.C7H15NO.C7H15N.C6H12N2O.C6H13NO2S.C6H11NO2/c1-7(2)10-5-3-4-8(10)6-9;1-6(2)9-5-3-4-8-7(9)10;1-7(2)8-5-3-4-6-11(8,9)10;1-6(2)8-4-3-5-10-7(8)9;1-7(2)8-3-5-9-6-4-8;1-7(2)8-5-3-4-6-8;1-5(2)8-4-3-7-6(8)9;1-6(2)7-4-3-5-10(7,8)9;1-5(2)7-3-4-9-6(7)8/h7-8H,3-6,9H2,1-2H3;6H,3-5H2,1-2H3,(H,8,10);7H,3-6H2,1-2H3;6H,3-5H2,1-2H3;7H,3-6H2,1-2H3;7H,3-6H2,1-2H3;5H,3-4H2,1-2H3,(H,7,9);6H,3-5H2,1-2H3;5H,3-4H2,1-2H3/t8-;;;;;;;;/m1......../s1. The monoisotopic (exact) mass is 1270 g/mol. The van der Waals surface area contributed by atoms with E-state index in [-0.39, 0.29) is 48.4 Å². The third kappa shape index (κ3) is 30.9. The molecule has 9 rings (SSSR count). The minimum atomic E-state index is -2.89. The Morgan fingerprint density at radius 1 is 0.407 bits per heavy atom. The van der Waals surface area contributed by atoms with Crippen LogP contribution in [0.4, 0.5) is 19.2 Å². The lowest BCUT2D eigenvalue weighted by atomic mass is 10.2. The van der Waals surface area contributed by atoms with Gasteiger partial charge in [0.1, 0.15) is 6.61 Å². The summed E-state index contributed by atoms with van der Waals surface area (Å²) in [4.78, 5) is 58.1. The average Bonchev–Trinajstić information content (AvgIpc) is 4.29. The van der Waals surface area contributed by atoms with Crippen molar-refractivity contribution in [2.24, 2.45) is 5.73 Å². The van der Waals surface area contributed by atoms with E-state index in [0.717, 1.165) is 110 Å². The number of nitrogens with two attached hydrogens (primary N) is 1. The van der Waals surface area contributed by atoms with Gasteiger partial charge in [0, 0.05) is 126 Å². The van der Waals surface area contributed by atoms with Crippen LogP contribution in [-0.2, 0) is 34.3 Å². The summed E-state index contributed by atoms with van der Waals surface area (Å²) in [5.41, 5.74) is 5.62. The Hall–Kier alpha value is -3.30. The maximum atomic E-state index is 11.3. The van der Waals surface area contributed by atoms with Crippen LogP contribution in [0.25, 0.3) is 0 Å². The molecule has 6 amide bonds. The maximum absolute atomic E-state index is 11.3. The molecular formula is C61H126N12O11S2. The molecule has 9 saturated heterocycles. The first kappa shape index (κ1) is 80.7. The van der Waals surface area contributed by atoms with Gasteiger partial charge in [-0.1, -0.05) is 0 Å². The topological polar surface area (TPSA) is 243 Å². The summed E-state index contributed by atoms with van der Waals surface area (Å²) in [5.74, 6) is 0.677. The van der Waals surface area contributed by atoms with E-state index in [9.17, 15) is 36.0 Å². The predicted octanol–water partition coefficient (Wildman–Crippen LogP) is 7.60. The van der Waals surface area contributed by atoms with E-state index >= 15 is 0 Å². The first-order valence-electron chi connectivity index (χ1n) is 32.8. The van der Waals surface area contributed by atoms with Crippen LogP contribution in [0.15, 0.2) is 0 Å². The smallest absolute Gasteiger partial charge is 0.410 e. The number of nitrogens with zero attached hydrogens (tertiary/aromatic N) is 9. The largest absolute Gasteiger partial charge is 0.449 e. The van der Waals surface area contributed by atoms with Gasteiger partial charge in [0.25, 0.3) is 0 Å². The number of cyclic esters (lactones) is 2. The summed E-state index contributed by atoms with van der Waals surface area (Å²) < 4.78 is 62.9. The molecular weight excluding hydrogens is 1140 g/mol. The quantitative estimate of drug-likeness (QED) is 0.191. The second kappa shape index (κ2) is 42.6. The number of ether oxygens (including phenoxy) is 3. The Labute approximate surface area is 523 Å². The molecule has 0 bridgehead atoms. The number of hydrogen-bond acceptors (Lipinski definition) is 15. The van der Waals surface area contributed by atoms with E-state index in [1.807, 2.05) is 92.9 Å². The summed E-state index contributed by atoms with van der Waals surface area (Å²) in [5, 5.41) is 5.54. The van der Waals surface area contributed by atoms with Crippen molar-refractivity contribution in [1.82, 2.24) is 53.5 Å². The summed E-state index contributed by atoms with van der Waals surface area (Å²) in [6.45, 7) is 53.5. The average molecular weight is 1270 g/mol. The van der Waals surface area contributed by atoms with E-state index in [0.29, 0.717) is 68.0 Å². The molecule has 9 aliphatic rings. The molecule has 9 heterocycles. The highest BCUT2D eigenvalue weighted by Gasteiger charge is 2.31. The van der Waals surface area contributed by atoms with Gasteiger partial charge in [-0.05, 0) is 202 Å². The van der Waals surface area contributed by atoms with Crippen molar-refractivity contribution in [2.45, 2.75) is 243 Å². The summed E-state index contributed by atoms with van der Waals surface area (Å²) in [7, 11) is -5.74. The lowest BCUT2D eigenvalue weighted by Crippen LogP contribution is -2.49. The molecule has 25 heteroatoms. The molecule has 0 aromatic carbocycles. The van der Waals surface area contributed by atoms with Gasteiger partial charge >= 0.3 is 24.2 Å². The van der Waals surface area contributed by atoms with E-state index in [4.69, 9.17) is 19.9 Å². The summed E-state index contributed by atoms with van der Waals surface area (Å²) in [6, 6.07) is 4.45. The van der Waals surface area contributed by atoms with Crippen LogP contribution in [0.1, 0.15) is 182 Å². The first-order chi connectivity index (χ1) is 40.3. The number of rotatable bonds is 10. The van der Waals surface area contributed by atoms with Gasteiger partial charge in [-0.15, -0.1) is 0 Å². The number of carbonyl (C=O) groups excluding carboxylic acids is 4. The number of hydrogen-bond donors (Lipinski definition) is 3. The van der Waals surface area contributed by atoms with Crippen LogP contribution in [-0.4, -0.2) is 274 Å². The Morgan fingerprint density at radius 3 is 1.14 bits per heavy atom. The number of sulfonamides is 2. The zero-order valence-electron chi connectivity index (χ0n) is 57.2. The van der Waals surface area contributed by atoms with Crippen LogP contribution in [0.5, 0.6) is 0 Å². The van der Waals surface area contributed by atoms with Gasteiger partial charge in [0.2, 0.25) is 20.0 Å². The fraction of sp³-hybridized carbons (Fsp3) is 0.934. The van der Waals surface area contributed by atoms with Crippen LogP contribution >= 0.6 is 0 Å².